The second kappa shape index (κ2) is 4.13. The Balaban J connectivity index is 2.29. The van der Waals surface area contributed by atoms with Crippen molar-refractivity contribution in [3.63, 3.8) is 0 Å². The highest BCUT2D eigenvalue weighted by molar-refractivity contribution is 4.77. The molecular weight excluding hydrogens is 132 g/mol. The van der Waals surface area contributed by atoms with E-state index >= 15 is 0 Å². The summed E-state index contributed by atoms with van der Waals surface area (Å²) in [6, 6.07) is 0. The summed E-state index contributed by atoms with van der Waals surface area (Å²) in [6.07, 6.45) is 7.32. The molecule has 0 aromatic carbocycles. The van der Waals surface area contributed by atoms with E-state index in [2.05, 4.69) is 20.8 Å². The minimum Gasteiger partial charge on any atom is -0.0651 e. The van der Waals surface area contributed by atoms with Crippen molar-refractivity contribution in [1.29, 1.82) is 0 Å². The van der Waals surface area contributed by atoms with Crippen LogP contribution in [0.15, 0.2) is 0 Å². The molecule has 1 fully saturated rings. The third-order valence-electron chi connectivity index (χ3n) is 3.61. The Morgan fingerprint density at radius 3 is 2.45 bits per heavy atom. The standard InChI is InChI=1S/C11H22/c1-4-9(3)11-7-6-10(5-2)8-11/h9-11H,4-8H2,1-3H3/t9?,10-,11?/m0/s1. The number of hydrogen-bond acceptors (Lipinski definition) is 0. The molecule has 0 amide bonds. The average molecular weight is 154 g/mol. The second-order valence-electron chi connectivity index (χ2n) is 4.23. The molecule has 11 heavy (non-hydrogen) atoms. The maximum absolute atomic E-state index is 2.42. The van der Waals surface area contributed by atoms with Gasteiger partial charge in [0, 0.05) is 0 Å². The van der Waals surface area contributed by atoms with Crippen LogP contribution in [0.25, 0.3) is 0 Å². The molecule has 1 rings (SSSR count). The lowest BCUT2D eigenvalue weighted by Crippen LogP contribution is -2.06. The van der Waals surface area contributed by atoms with Gasteiger partial charge < -0.3 is 0 Å². The Kier molecular flexibility index (Phi) is 3.42. The van der Waals surface area contributed by atoms with E-state index in [9.17, 15) is 0 Å². The fourth-order valence-electron chi connectivity index (χ4n) is 2.33. The van der Waals surface area contributed by atoms with Gasteiger partial charge in [-0.25, -0.2) is 0 Å². The summed E-state index contributed by atoms with van der Waals surface area (Å²) in [6.45, 7) is 7.08. The summed E-state index contributed by atoms with van der Waals surface area (Å²) in [7, 11) is 0. The van der Waals surface area contributed by atoms with Crippen LogP contribution in [0.1, 0.15) is 52.9 Å². The summed E-state index contributed by atoms with van der Waals surface area (Å²) in [5, 5.41) is 0. The Morgan fingerprint density at radius 1 is 1.27 bits per heavy atom. The van der Waals surface area contributed by atoms with Crippen LogP contribution in [0.5, 0.6) is 0 Å². The van der Waals surface area contributed by atoms with Gasteiger partial charge >= 0.3 is 0 Å². The first-order valence-electron chi connectivity index (χ1n) is 5.27. The van der Waals surface area contributed by atoms with Crippen LogP contribution in [-0.4, -0.2) is 0 Å². The van der Waals surface area contributed by atoms with Gasteiger partial charge in [-0.2, -0.15) is 0 Å². The third-order valence-corrected chi connectivity index (χ3v) is 3.61. The van der Waals surface area contributed by atoms with Crippen LogP contribution in [0.3, 0.4) is 0 Å². The zero-order valence-electron chi connectivity index (χ0n) is 8.27. The average Bonchev–Trinajstić information content (AvgIpc) is 2.50. The van der Waals surface area contributed by atoms with Gasteiger partial charge in [0.15, 0.2) is 0 Å². The van der Waals surface area contributed by atoms with Gasteiger partial charge in [-0.05, 0) is 30.6 Å². The van der Waals surface area contributed by atoms with E-state index in [4.69, 9.17) is 0 Å². The summed E-state index contributed by atoms with van der Waals surface area (Å²) in [4.78, 5) is 0. The predicted octanol–water partition coefficient (Wildman–Crippen LogP) is 3.86. The fourth-order valence-corrected chi connectivity index (χ4v) is 2.33. The van der Waals surface area contributed by atoms with E-state index in [-0.39, 0.29) is 0 Å². The predicted molar refractivity (Wildman–Crippen MR) is 50.6 cm³/mol. The minimum absolute atomic E-state index is 0.978. The van der Waals surface area contributed by atoms with Gasteiger partial charge in [0.25, 0.3) is 0 Å². The normalized spacial score (nSPS) is 34.1. The van der Waals surface area contributed by atoms with Gasteiger partial charge in [0.05, 0.1) is 0 Å². The molecule has 0 bridgehead atoms. The summed E-state index contributed by atoms with van der Waals surface area (Å²) < 4.78 is 0. The van der Waals surface area contributed by atoms with Crippen molar-refractivity contribution in [3.05, 3.63) is 0 Å². The first-order valence-corrected chi connectivity index (χ1v) is 5.27. The van der Waals surface area contributed by atoms with Crippen LogP contribution in [0.2, 0.25) is 0 Å². The molecule has 0 heteroatoms. The highest BCUT2D eigenvalue weighted by Gasteiger charge is 2.26. The molecule has 2 unspecified atom stereocenters. The van der Waals surface area contributed by atoms with Crippen molar-refractivity contribution in [2.45, 2.75) is 52.9 Å². The SMILES string of the molecule is CCC(C)C1CC[C@H](CC)C1. The molecule has 0 aliphatic heterocycles. The molecule has 1 saturated carbocycles. The van der Waals surface area contributed by atoms with Gasteiger partial charge in [0.1, 0.15) is 0 Å². The zero-order valence-corrected chi connectivity index (χ0v) is 8.27. The van der Waals surface area contributed by atoms with E-state index in [1.807, 2.05) is 0 Å². The molecule has 0 radical (unpaired) electrons. The third kappa shape index (κ3) is 2.21. The monoisotopic (exact) mass is 154 g/mol. The second-order valence-corrected chi connectivity index (χ2v) is 4.23. The quantitative estimate of drug-likeness (QED) is 0.579. The minimum atomic E-state index is 0.978. The van der Waals surface area contributed by atoms with Gasteiger partial charge in [-0.15, -0.1) is 0 Å². The summed E-state index contributed by atoms with van der Waals surface area (Å²) >= 11 is 0. The van der Waals surface area contributed by atoms with Crippen molar-refractivity contribution < 1.29 is 0 Å². The Morgan fingerprint density at radius 2 is 2.00 bits per heavy atom. The molecule has 66 valence electrons. The Labute approximate surface area is 71.4 Å². The van der Waals surface area contributed by atoms with Crippen molar-refractivity contribution in [2.24, 2.45) is 17.8 Å². The van der Waals surface area contributed by atoms with Gasteiger partial charge in [-0.3, -0.25) is 0 Å². The highest BCUT2D eigenvalue weighted by atomic mass is 14.3. The van der Waals surface area contributed by atoms with Crippen LogP contribution >= 0.6 is 0 Å². The van der Waals surface area contributed by atoms with Crippen LogP contribution in [-0.2, 0) is 0 Å². The van der Waals surface area contributed by atoms with Crippen molar-refractivity contribution in [3.8, 4) is 0 Å². The zero-order chi connectivity index (χ0) is 8.27. The molecule has 0 N–H and O–H groups in total. The van der Waals surface area contributed by atoms with Crippen LogP contribution in [0.4, 0.5) is 0 Å². The molecule has 0 spiro atoms. The van der Waals surface area contributed by atoms with Gasteiger partial charge in [-0.1, -0.05) is 40.0 Å². The van der Waals surface area contributed by atoms with E-state index in [1.54, 1.807) is 0 Å². The van der Waals surface area contributed by atoms with Crippen molar-refractivity contribution >= 4 is 0 Å². The largest absolute Gasteiger partial charge is 0.0651 e. The van der Waals surface area contributed by atoms with Crippen LogP contribution in [0, 0.1) is 17.8 Å². The molecule has 1 aliphatic carbocycles. The molecule has 3 atom stereocenters. The summed E-state index contributed by atoms with van der Waals surface area (Å²) in [5.74, 6) is 3.10. The molecule has 0 heterocycles. The van der Waals surface area contributed by atoms with Crippen LogP contribution < -0.4 is 0 Å². The topological polar surface area (TPSA) is 0 Å². The Bertz CT molecular complexity index is 107. The van der Waals surface area contributed by atoms with E-state index in [0.29, 0.717) is 0 Å². The van der Waals surface area contributed by atoms with Gasteiger partial charge in [0.2, 0.25) is 0 Å². The summed E-state index contributed by atoms with van der Waals surface area (Å²) in [5.41, 5.74) is 0. The maximum Gasteiger partial charge on any atom is -0.0386 e. The highest BCUT2D eigenvalue weighted by Crippen LogP contribution is 2.38. The lowest BCUT2D eigenvalue weighted by Gasteiger charge is -2.16. The first-order chi connectivity index (χ1) is 5.27. The van der Waals surface area contributed by atoms with E-state index < -0.39 is 0 Å². The molecule has 0 nitrogen and oxygen atoms in total. The molecule has 0 aromatic rings. The smallest absolute Gasteiger partial charge is 0.0386 e. The Hall–Kier alpha value is 0. The van der Waals surface area contributed by atoms with E-state index in [0.717, 1.165) is 17.8 Å². The molecule has 0 saturated heterocycles. The molecule has 1 aliphatic rings. The molecule has 0 aromatic heterocycles. The number of hydrogen-bond donors (Lipinski definition) is 0. The van der Waals surface area contributed by atoms with Crippen molar-refractivity contribution in [1.82, 2.24) is 0 Å². The lowest BCUT2D eigenvalue weighted by atomic mass is 9.89. The first kappa shape index (κ1) is 9.09. The molecular formula is C11H22. The van der Waals surface area contributed by atoms with Crippen molar-refractivity contribution in [2.75, 3.05) is 0 Å². The lowest BCUT2D eigenvalue weighted by molar-refractivity contribution is 0.342. The maximum atomic E-state index is 2.42. The fraction of sp³-hybridized carbons (Fsp3) is 1.00. The number of rotatable bonds is 3. The van der Waals surface area contributed by atoms with E-state index in [1.165, 1.54) is 32.1 Å².